The number of carbonyl (C=O) groups is 2. The van der Waals surface area contributed by atoms with E-state index in [0.717, 1.165) is 5.56 Å². The van der Waals surface area contributed by atoms with Crippen molar-refractivity contribution in [3.63, 3.8) is 0 Å². The summed E-state index contributed by atoms with van der Waals surface area (Å²) >= 11 is 0. The molecule has 0 aliphatic heterocycles. The van der Waals surface area contributed by atoms with E-state index in [0.29, 0.717) is 25.2 Å². The summed E-state index contributed by atoms with van der Waals surface area (Å²) in [6, 6.07) is 12.8. The van der Waals surface area contributed by atoms with Gasteiger partial charge in [0.25, 0.3) is 0 Å². The molecule has 2 aromatic rings. The van der Waals surface area contributed by atoms with Gasteiger partial charge >= 0.3 is 11.8 Å². The Hall–Kier alpha value is -2.69. The lowest BCUT2D eigenvalue weighted by atomic mass is 10.2. The summed E-state index contributed by atoms with van der Waals surface area (Å²) in [5.41, 5.74) is 1.70. The minimum Gasteiger partial charge on any atom is -0.334 e. The average molecular weight is 297 g/mol. The number of likely N-dealkylation sites (N-methyl/N-ethyl adjacent to an activating group) is 1. The molecule has 2 rings (SSSR count). The molecule has 0 atom stereocenters. The Morgan fingerprint density at radius 1 is 1.09 bits per heavy atom. The first kappa shape index (κ1) is 15.7. The van der Waals surface area contributed by atoms with Crippen molar-refractivity contribution in [2.45, 2.75) is 13.3 Å². The van der Waals surface area contributed by atoms with Gasteiger partial charge < -0.3 is 10.2 Å². The summed E-state index contributed by atoms with van der Waals surface area (Å²) in [6.45, 7) is 2.86. The minimum absolute atomic E-state index is 0.492. The van der Waals surface area contributed by atoms with Crippen LogP contribution in [0.1, 0.15) is 12.5 Å². The van der Waals surface area contributed by atoms with Crippen LogP contribution in [0.15, 0.2) is 54.9 Å². The molecule has 0 aliphatic carbocycles. The minimum atomic E-state index is -0.609. The van der Waals surface area contributed by atoms with Gasteiger partial charge in [0.05, 0.1) is 0 Å². The molecule has 2 amide bonds. The van der Waals surface area contributed by atoms with Crippen LogP contribution in [0, 0.1) is 0 Å². The van der Waals surface area contributed by atoms with E-state index < -0.39 is 11.8 Å². The van der Waals surface area contributed by atoms with Crippen LogP contribution in [-0.2, 0) is 16.0 Å². The lowest BCUT2D eigenvalue weighted by molar-refractivity contribution is -0.143. The SMILES string of the molecule is CCN(CCc1ccncc1)C(=O)C(=O)Nc1ccccc1. The number of anilines is 1. The number of para-hydroxylation sites is 1. The molecule has 0 spiro atoms. The summed E-state index contributed by atoms with van der Waals surface area (Å²) < 4.78 is 0. The largest absolute Gasteiger partial charge is 0.334 e. The van der Waals surface area contributed by atoms with Gasteiger partial charge in [-0.05, 0) is 43.2 Å². The molecule has 0 unspecified atom stereocenters. The first-order valence-corrected chi connectivity index (χ1v) is 7.25. The maximum atomic E-state index is 12.2. The van der Waals surface area contributed by atoms with Crippen molar-refractivity contribution in [2.24, 2.45) is 0 Å². The molecule has 1 N–H and O–H groups in total. The number of nitrogens with one attached hydrogen (secondary N) is 1. The molecule has 1 aromatic carbocycles. The quantitative estimate of drug-likeness (QED) is 0.860. The van der Waals surface area contributed by atoms with Crippen molar-refractivity contribution >= 4 is 17.5 Å². The van der Waals surface area contributed by atoms with E-state index in [-0.39, 0.29) is 0 Å². The Balaban J connectivity index is 1.92. The van der Waals surface area contributed by atoms with Crippen LogP contribution >= 0.6 is 0 Å². The number of benzene rings is 1. The molecular formula is C17H19N3O2. The van der Waals surface area contributed by atoms with Crippen LogP contribution in [-0.4, -0.2) is 34.8 Å². The van der Waals surface area contributed by atoms with Crippen LogP contribution in [0.2, 0.25) is 0 Å². The van der Waals surface area contributed by atoms with Crippen molar-refractivity contribution in [3.8, 4) is 0 Å². The number of nitrogens with zero attached hydrogens (tertiary/aromatic N) is 2. The maximum Gasteiger partial charge on any atom is 0.313 e. The topological polar surface area (TPSA) is 62.3 Å². The first-order valence-electron chi connectivity index (χ1n) is 7.25. The van der Waals surface area contributed by atoms with Gasteiger partial charge in [0, 0.05) is 31.2 Å². The van der Waals surface area contributed by atoms with Crippen LogP contribution in [0.3, 0.4) is 0 Å². The molecule has 114 valence electrons. The molecule has 5 nitrogen and oxygen atoms in total. The molecule has 0 saturated heterocycles. The molecular weight excluding hydrogens is 278 g/mol. The molecule has 0 radical (unpaired) electrons. The second-order valence-corrected chi connectivity index (χ2v) is 4.81. The summed E-state index contributed by atoms with van der Waals surface area (Å²) in [5.74, 6) is -1.12. The number of hydrogen-bond acceptors (Lipinski definition) is 3. The fourth-order valence-corrected chi connectivity index (χ4v) is 2.07. The van der Waals surface area contributed by atoms with E-state index in [1.807, 2.05) is 25.1 Å². The summed E-state index contributed by atoms with van der Waals surface area (Å²) in [5, 5.41) is 2.61. The van der Waals surface area contributed by atoms with E-state index in [2.05, 4.69) is 10.3 Å². The zero-order valence-corrected chi connectivity index (χ0v) is 12.5. The lowest BCUT2D eigenvalue weighted by Crippen LogP contribution is -2.40. The maximum absolute atomic E-state index is 12.2. The molecule has 1 heterocycles. The number of pyridine rings is 1. The molecule has 0 bridgehead atoms. The van der Waals surface area contributed by atoms with E-state index >= 15 is 0 Å². The standard InChI is InChI=1S/C17H19N3O2/c1-2-20(13-10-14-8-11-18-12-9-14)17(22)16(21)19-15-6-4-3-5-7-15/h3-9,11-12H,2,10,13H2,1H3,(H,19,21). The van der Waals surface area contributed by atoms with Gasteiger partial charge in [0.2, 0.25) is 0 Å². The second-order valence-electron chi connectivity index (χ2n) is 4.81. The number of aromatic nitrogens is 1. The Kier molecular flexibility index (Phi) is 5.65. The highest BCUT2D eigenvalue weighted by atomic mass is 16.2. The van der Waals surface area contributed by atoms with Crippen molar-refractivity contribution in [2.75, 3.05) is 18.4 Å². The smallest absolute Gasteiger partial charge is 0.313 e. The molecule has 0 fully saturated rings. The molecule has 1 aromatic heterocycles. The molecule has 0 aliphatic rings. The van der Waals surface area contributed by atoms with E-state index in [9.17, 15) is 9.59 Å². The van der Waals surface area contributed by atoms with Crippen LogP contribution in [0.5, 0.6) is 0 Å². The first-order chi connectivity index (χ1) is 10.7. The highest BCUT2D eigenvalue weighted by Gasteiger charge is 2.20. The van der Waals surface area contributed by atoms with Gasteiger partial charge in [-0.1, -0.05) is 18.2 Å². The van der Waals surface area contributed by atoms with Crippen molar-refractivity contribution < 1.29 is 9.59 Å². The fraction of sp³-hybridized carbons (Fsp3) is 0.235. The Morgan fingerprint density at radius 2 is 1.77 bits per heavy atom. The highest BCUT2D eigenvalue weighted by Crippen LogP contribution is 2.06. The highest BCUT2D eigenvalue weighted by molar-refractivity contribution is 6.39. The number of rotatable bonds is 5. The van der Waals surface area contributed by atoms with E-state index in [4.69, 9.17) is 0 Å². The molecule has 0 saturated carbocycles. The number of hydrogen-bond donors (Lipinski definition) is 1. The van der Waals surface area contributed by atoms with Crippen LogP contribution < -0.4 is 5.32 Å². The average Bonchev–Trinajstić information content (AvgIpc) is 2.57. The van der Waals surface area contributed by atoms with Crippen molar-refractivity contribution in [1.29, 1.82) is 0 Å². The van der Waals surface area contributed by atoms with Gasteiger partial charge in [0.1, 0.15) is 0 Å². The summed E-state index contributed by atoms with van der Waals surface area (Å²) in [4.78, 5) is 29.7. The van der Waals surface area contributed by atoms with Gasteiger partial charge in [-0.25, -0.2) is 0 Å². The van der Waals surface area contributed by atoms with Crippen molar-refractivity contribution in [1.82, 2.24) is 9.88 Å². The normalized spacial score (nSPS) is 10.0. The van der Waals surface area contributed by atoms with Crippen molar-refractivity contribution in [3.05, 3.63) is 60.4 Å². The lowest BCUT2D eigenvalue weighted by Gasteiger charge is -2.20. The Bertz CT molecular complexity index is 614. The van der Waals surface area contributed by atoms with Gasteiger partial charge in [-0.2, -0.15) is 0 Å². The second kappa shape index (κ2) is 7.93. The summed E-state index contributed by atoms with van der Waals surface area (Å²) in [7, 11) is 0. The van der Waals surface area contributed by atoms with E-state index in [1.165, 1.54) is 0 Å². The fourth-order valence-electron chi connectivity index (χ4n) is 2.07. The van der Waals surface area contributed by atoms with Crippen LogP contribution in [0.25, 0.3) is 0 Å². The third-order valence-corrected chi connectivity index (χ3v) is 3.31. The molecule has 5 heteroatoms. The predicted octanol–water partition coefficient (Wildman–Crippen LogP) is 2.11. The van der Waals surface area contributed by atoms with Gasteiger partial charge in [-0.3, -0.25) is 14.6 Å². The monoisotopic (exact) mass is 297 g/mol. The van der Waals surface area contributed by atoms with Gasteiger partial charge in [0.15, 0.2) is 0 Å². The zero-order chi connectivity index (χ0) is 15.8. The summed E-state index contributed by atoms with van der Waals surface area (Å²) in [6.07, 6.45) is 4.13. The number of amides is 2. The third-order valence-electron chi connectivity index (χ3n) is 3.31. The zero-order valence-electron chi connectivity index (χ0n) is 12.5. The van der Waals surface area contributed by atoms with Gasteiger partial charge in [-0.15, -0.1) is 0 Å². The van der Waals surface area contributed by atoms with E-state index in [1.54, 1.807) is 41.6 Å². The predicted molar refractivity (Wildman–Crippen MR) is 85.3 cm³/mol. The number of carbonyl (C=O) groups excluding carboxylic acids is 2. The Labute approximate surface area is 130 Å². The Morgan fingerprint density at radius 3 is 2.41 bits per heavy atom. The van der Waals surface area contributed by atoms with Crippen LogP contribution in [0.4, 0.5) is 5.69 Å². The molecule has 22 heavy (non-hydrogen) atoms. The third kappa shape index (κ3) is 4.41.